The number of anilines is 1. The minimum Gasteiger partial charge on any atom is -0.493 e. The monoisotopic (exact) mass is 590 g/mol. The molecule has 3 aliphatic carbocycles. The van der Waals surface area contributed by atoms with Crippen LogP contribution in [0.1, 0.15) is 87.1 Å². The average molecular weight is 591 g/mol. The molecular weight excluding hydrogens is 551 g/mol. The van der Waals surface area contributed by atoms with E-state index in [4.69, 9.17) is 16.3 Å². The maximum atomic E-state index is 13.8. The smallest absolute Gasteiger partial charge is 0.329 e. The van der Waals surface area contributed by atoms with Gasteiger partial charge in [-0.3, -0.25) is 4.98 Å². The summed E-state index contributed by atoms with van der Waals surface area (Å²) in [5.41, 5.74) is 4.56. The van der Waals surface area contributed by atoms with Gasteiger partial charge in [0, 0.05) is 23.1 Å². The minimum absolute atomic E-state index is 0.0180. The molecule has 1 heterocycles. The number of carboxylic acids is 1. The molecule has 0 amide bonds. The van der Waals surface area contributed by atoms with Crippen LogP contribution in [0.4, 0.5) is 10.1 Å². The van der Waals surface area contributed by atoms with Crippen molar-refractivity contribution in [3.05, 3.63) is 88.0 Å². The Kier molecular flexibility index (Phi) is 7.95. The summed E-state index contributed by atoms with van der Waals surface area (Å²) in [6.07, 6.45) is 9.78. The lowest BCUT2D eigenvalue weighted by atomic mass is 9.59. The van der Waals surface area contributed by atoms with Crippen molar-refractivity contribution in [1.82, 2.24) is 4.98 Å². The van der Waals surface area contributed by atoms with Crippen molar-refractivity contribution < 1.29 is 19.0 Å². The SMILES string of the molecule is C[C@@H](COc1ccnc2c1[C@H](C)CCC2)CC1Cc2ccccc2C12CCC(Nc1ccc(F)c(Cl)c1)(C(=O)O)CC2. The van der Waals surface area contributed by atoms with E-state index >= 15 is 0 Å². The Bertz CT molecular complexity index is 1470. The first-order chi connectivity index (χ1) is 20.2. The summed E-state index contributed by atoms with van der Waals surface area (Å²) in [5, 5.41) is 13.6. The van der Waals surface area contributed by atoms with E-state index in [1.807, 2.05) is 12.3 Å². The van der Waals surface area contributed by atoms with E-state index in [9.17, 15) is 14.3 Å². The highest BCUT2D eigenvalue weighted by atomic mass is 35.5. The summed E-state index contributed by atoms with van der Waals surface area (Å²) in [5.74, 6) is 0.810. The molecule has 3 aromatic rings. The van der Waals surface area contributed by atoms with E-state index < -0.39 is 17.3 Å². The number of fused-ring (bicyclic) bond motifs is 3. The van der Waals surface area contributed by atoms with Gasteiger partial charge in [-0.2, -0.15) is 0 Å². The van der Waals surface area contributed by atoms with Crippen LogP contribution in [-0.4, -0.2) is 28.2 Å². The van der Waals surface area contributed by atoms with Crippen LogP contribution < -0.4 is 10.1 Å². The third-order valence-corrected chi connectivity index (χ3v) is 10.6. The molecule has 42 heavy (non-hydrogen) atoms. The van der Waals surface area contributed by atoms with E-state index in [2.05, 4.69) is 48.4 Å². The molecule has 3 atom stereocenters. The molecule has 3 aliphatic rings. The summed E-state index contributed by atoms with van der Waals surface area (Å²) in [7, 11) is 0. The van der Waals surface area contributed by atoms with Crippen LogP contribution in [0, 0.1) is 17.7 Å². The van der Waals surface area contributed by atoms with Gasteiger partial charge in [-0.1, -0.05) is 49.7 Å². The van der Waals surface area contributed by atoms with Gasteiger partial charge in [0.2, 0.25) is 0 Å². The largest absolute Gasteiger partial charge is 0.493 e. The molecule has 0 aliphatic heterocycles. The Balaban J connectivity index is 1.19. The Hall–Kier alpha value is -3.12. The maximum Gasteiger partial charge on any atom is 0.329 e. The summed E-state index contributed by atoms with van der Waals surface area (Å²) < 4.78 is 20.3. The lowest BCUT2D eigenvalue weighted by Gasteiger charge is -2.47. The number of nitrogens with one attached hydrogen (secondary N) is 1. The van der Waals surface area contributed by atoms with Crippen LogP contribution in [0.25, 0.3) is 0 Å². The predicted octanol–water partition coefficient (Wildman–Crippen LogP) is 8.34. The van der Waals surface area contributed by atoms with Crippen molar-refractivity contribution in [2.75, 3.05) is 11.9 Å². The van der Waals surface area contributed by atoms with Gasteiger partial charge in [-0.15, -0.1) is 0 Å². The number of aliphatic carboxylic acids is 1. The molecule has 2 N–H and O–H groups in total. The molecule has 1 fully saturated rings. The third-order valence-electron chi connectivity index (χ3n) is 10.3. The van der Waals surface area contributed by atoms with Gasteiger partial charge in [-0.25, -0.2) is 9.18 Å². The fraction of sp³-hybridized carbons (Fsp3) is 0.486. The second kappa shape index (κ2) is 11.5. The lowest BCUT2D eigenvalue weighted by Crippen LogP contribution is -2.53. The lowest BCUT2D eigenvalue weighted by molar-refractivity contribution is -0.144. The highest BCUT2D eigenvalue weighted by Crippen LogP contribution is 2.56. The zero-order valence-electron chi connectivity index (χ0n) is 24.5. The molecule has 5 nitrogen and oxygen atoms in total. The van der Waals surface area contributed by atoms with Crippen molar-refractivity contribution >= 4 is 23.3 Å². The zero-order valence-corrected chi connectivity index (χ0v) is 25.2. The molecule has 2 aromatic carbocycles. The number of benzene rings is 2. The van der Waals surface area contributed by atoms with Gasteiger partial charge < -0.3 is 15.2 Å². The number of hydrogen-bond donors (Lipinski definition) is 2. The molecule has 1 spiro atoms. The Morgan fingerprint density at radius 3 is 2.74 bits per heavy atom. The predicted molar refractivity (Wildman–Crippen MR) is 164 cm³/mol. The normalized spacial score (nSPS) is 27.2. The molecular formula is C35H40ClFN2O3. The van der Waals surface area contributed by atoms with Gasteiger partial charge in [0.1, 0.15) is 17.1 Å². The van der Waals surface area contributed by atoms with E-state index in [1.54, 1.807) is 6.07 Å². The van der Waals surface area contributed by atoms with Crippen LogP contribution in [0.5, 0.6) is 5.75 Å². The summed E-state index contributed by atoms with van der Waals surface area (Å²) in [4.78, 5) is 17.3. The zero-order chi connectivity index (χ0) is 29.5. The van der Waals surface area contributed by atoms with Crippen LogP contribution in [0.3, 0.4) is 0 Å². The van der Waals surface area contributed by atoms with Gasteiger partial charge in [0.15, 0.2) is 0 Å². The molecule has 1 saturated carbocycles. The molecule has 0 bridgehead atoms. The van der Waals surface area contributed by atoms with Crippen molar-refractivity contribution in [3.8, 4) is 5.75 Å². The summed E-state index contributed by atoms with van der Waals surface area (Å²) >= 11 is 6.01. The number of pyridine rings is 1. The number of carboxylic acid groups (broad SMARTS) is 1. The van der Waals surface area contributed by atoms with E-state index in [0.29, 0.717) is 42.9 Å². The van der Waals surface area contributed by atoms with Crippen LogP contribution in [-0.2, 0) is 23.1 Å². The number of aryl methyl sites for hydroxylation is 1. The molecule has 1 unspecified atom stereocenters. The standard InChI is InChI=1S/C35H40ClFN2O3/c1-22(21-42-31-12-17-38-30-9-5-6-23(2)32(30)31)18-25-19-24-7-3-4-8-27(24)34(25)13-15-35(16-14-34,33(40)41)39-26-10-11-29(37)28(36)20-26/h3-4,7-8,10-12,17,20,22-23,25,39H,5-6,9,13-16,18-19,21H2,1-2H3,(H,40,41)/t22-,23-,25?,34?,35?/m1/s1. The fourth-order valence-corrected chi connectivity index (χ4v) is 8.25. The van der Waals surface area contributed by atoms with Crippen molar-refractivity contribution in [1.29, 1.82) is 0 Å². The molecule has 1 aromatic heterocycles. The summed E-state index contributed by atoms with van der Waals surface area (Å²) in [6.45, 7) is 5.20. The van der Waals surface area contributed by atoms with E-state index in [-0.39, 0.29) is 10.4 Å². The number of rotatable bonds is 8. The minimum atomic E-state index is -1.12. The highest BCUT2D eigenvalue weighted by Gasteiger charge is 2.54. The number of halogens is 2. The first kappa shape index (κ1) is 29.0. The van der Waals surface area contributed by atoms with Crippen molar-refractivity contribution in [3.63, 3.8) is 0 Å². The molecule has 222 valence electrons. The van der Waals surface area contributed by atoms with Gasteiger partial charge in [0.05, 0.1) is 11.6 Å². The molecule has 6 rings (SSSR count). The fourth-order valence-electron chi connectivity index (χ4n) is 8.07. The van der Waals surface area contributed by atoms with Crippen molar-refractivity contribution in [2.24, 2.45) is 11.8 Å². The van der Waals surface area contributed by atoms with Crippen LogP contribution >= 0.6 is 11.6 Å². The van der Waals surface area contributed by atoms with Crippen molar-refractivity contribution in [2.45, 2.75) is 88.5 Å². The summed E-state index contributed by atoms with van der Waals surface area (Å²) in [6, 6.07) is 15.0. The first-order valence-corrected chi connectivity index (χ1v) is 15.7. The maximum absolute atomic E-state index is 13.8. The van der Waals surface area contributed by atoms with Gasteiger partial charge in [0.25, 0.3) is 0 Å². The topological polar surface area (TPSA) is 71.5 Å². The highest BCUT2D eigenvalue weighted by molar-refractivity contribution is 6.31. The molecule has 0 radical (unpaired) electrons. The van der Waals surface area contributed by atoms with Gasteiger partial charge in [-0.05, 0) is 116 Å². The number of ether oxygens (including phenoxy) is 1. The van der Waals surface area contributed by atoms with E-state index in [1.165, 1.54) is 47.4 Å². The molecule has 7 heteroatoms. The second-order valence-corrected chi connectivity index (χ2v) is 13.4. The van der Waals surface area contributed by atoms with E-state index in [0.717, 1.165) is 37.9 Å². The number of nitrogens with zero attached hydrogens (tertiary/aromatic N) is 1. The Morgan fingerprint density at radius 2 is 1.98 bits per heavy atom. The average Bonchev–Trinajstić information content (AvgIpc) is 3.27. The Morgan fingerprint density at radius 1 is 1.19 bits per heavy atom. The van der Waals surface area contributed by atoms with Crippen LogP contribution in [0.15, 0.2) is 54.7 Å². The quantitative estimate of drug-likeness (QED) is 0.276. The number of hydrogen-bond acceptors (Lipinski definition) is 4. The second-order valence-electron chi connectivity index (χ2n) is 13.0. The van der Waals surface area contributed by atoms with Gasteiger partial charge >= 0.3 is 5.97 Å². The number of carbonyl (C=O) groups is 1. The first-order valence-electron chi connectivity index (χ1n) is 15.4. The Labute approximate surface area is 252 Å². The van der Waals surface area contributed by atoms with Crippen LogP contribution in [0.2, 0.25) is 5.02 Å². The third kappa shape index (κ3) is 5.27. The number of aromatic nitrogens is 1. The molecule has 0 saturated heterocycles.